The Morgan fingerprint density at radius 3 is 2.22 bits per heavy atom. The molecule has 0 N–H and O–H groups in total. The topological polar surface area (TPSA) is 52.6 Å². The number of ether oxygens (including phenoxy) is 2. The molecule has 0 fully saturated rings. The van der Waals surface area contributed by atoms with E-state index >= 15 is 0 Å². The van der Waals surface area contributed by atoms with Gasteiger partial charge in [-0.05, 0) is 37.5 Å². The van der Waals surface area contributed by atoms with Crippen LogP contribution in [0.25, 0.3) is 0 Å². The van der Waals surface area contributed by atoms with Crippen molar-refractivity contribution in [3.63, 3.8) is 0 Å². The molecule has 4 nitrogen and oxygen atoms in total. The molecule has 1 aromatic carbocycles. The minimum atomic E-state index is -0.421. The maximum atomic E-state index is 12.0. The molecule has 0 saturated carbocycles. The van der Waals surface area contributed by atoms with Crippen molar-refractivity contribution in [2.45, 2.75) is 46.0 Å². The minimum Gasteiger partial charge on any atom is -0.462 e. The molecule has 0 heterocycles. The average molecular weight is 318 g/mol. The van der Waals surface area contributed by atoms with E-state index in [1.165, 1.54) is 6.07 Å². The Labute approximate surface area is 138 Å². The van der Waals surface area contributed by atoms with E-state index in [4.69, 9.17) is 9.47 Å². The van der Waals surface area contributed by atoms with Crippen LogP contribution in [0.4, 0.5) is 0 Å². The summed E-state index contributed by atoms with van der Waals surface area (Å²) in [7, 11) is 0. The second kappa shape index (κ2) is 11.5. The van der Waals surface area contributed by atoms with Gasteiger partial charge in [0.15, 0.2) is 0 Å². The summed E-state index contributed by atoms with van der Waals surface area (Å²) in [5.41, 5.74) is 0.745. The lowest BCUT2D eigenvalue weighted by Gasteiger charge is -2.06. The van der Waals surface area contributed by atoms with Gasteiger partial charge in [-0.15, -0.1) is 0 Å². The molecule has 1 rings (SSSR count). The molecular formula is C19H26O4. The van der Waals surface area contributed by atoms with E-state index in [-0.39, 0.29) is 0 Å². The van der Waals surface area contributed by atoms with Crippen LogP contribution >= 0.6 is 0 Å². The summed E-state index contributed by atoms with van der Waals surface area (Å²) in [6.45, 7) is 4.89. The van der Waals surface area contributed by atoms with Gasteiger partial charge in [0, 0.05) is 0 Å². The van der Waals surface area contributed by atoms with E-state index in [2.05, 4.69) is 13.8 Å². The van der Waals surface area contributed by atoms with Crippen LogP contribution in [0.1, 0.15) is 66.7 Å². The third-order valence-corrected chi connectivity index (χ3v) is 3.24. The smallest absolute Gasteiger partial charge is 0.338 e. The highest BCUT2D eigenvalue weighted by molar-refractivity contribution is 5.95. The predicted octanol–water partition coefficient (Wildman–Crippen LogP) is 4.55. The molecule has 0 saturated heterocycles. The highest BCUT2D eigenvalue weighted by Crippen LogP contribution is 2.09. The number of hydrogen-bond acceptors (Lipinski definition) is 4. The second-order valence-corrected chi connectivity index (χ2v) is 5.23. The summed E-state index contributed by atoms with van der Waals surface area (Å²) >= 11 is 0. The van der Waals surface area contributed by atoms with Gasteiger partial charge in [-0.3, -0.25) is 0 Å². The van der Waals surface area contributed by atoms with Crippen molar-refractivity contribution >= 4 is 11.9 Å². The molecule has 0 atom stereocenters. The summed E-state index contributed by atoms with van der Waals surface area (Å²) in [5.74, 6) is -0.822. The van der Waals surface area contributed by atoms with Crippen LogP contribution in [0.5, 0.6) is 0 Å². The SMILES string of the molecule is CC/C=C/CCOC(=O)c1cccc(C(=O)OCCCCC)c1. The van der Waals surface area contributed by atoms with Gasteiger partial charge in [0.2, 0.25) is 0 Å². The van der Waals surface area contributed by atoms with Crippen molar-refractivity contribution in [3.8, 4) is 0 Å². The Kier molecular flexibility index (Phi) is 9.45. The standard InChI is InChI=1S/C19H26O4/c1-3-5-7-9-14-23-19(21)17-12-10-11-16(15-17)18(20)22-13-8-6-4-2/h5,7,10-12,15H,3-4,6,8-9,13-14H2,1-2H3/b7-5+. The minimum absolute atomic E-state index is 0.334. The van der Waals surface area contributed by atoms with Gasteiger partial charge < -0.3 is 9.47 Å². The van der Waals surface area contributed by atoms with Crippen molar-refractivity contribution in [3.05, 3.63) is 47.5 Å². The summed E-state index contributed by atoms with van der Waals surface area (Å²) in [6, 6.07) is 6.46. The van der Waals surface area contributed by atoms with E-state index in [0.29, 0.717) is 30.8 Å². The molecule has 0 amide bonds. The zero-order valence-electron chi connectivity index (χ0n) is 14.0. The number of hydrogen-bond donors (Lipinski definition) is 0. The van der Waals surface area contributed by atoms with Crippen molar-refractivity contribution < 1.29 is 19.1 Å². The molecule has 0 radical (unpaired) electrons. The summed E-state index contributed by atoms with van der Waals surface area (Å²) < 4.78 is 10.4. The van der Waals surface area contributed by atoms with E-state index in [0.717, 1.165) is 25.7 Å². The van der Waals surface area contributed by atoms with Crippen molar-refractivity contribution in [2.24, 2.45) is 0 Å². The van der Waals surface area contributed by atoms with E-state index in [1.54, 1.807) is 18.2 Å². The molecule has 0 aromatic heterocycles. The molecule has 126 valence electrons. The largest absolute Gasteiger partial charge is 0.462 e. The van der Waals surface area contributed by atoms with Crippen LogP contribution < -0.4 is 0 Å². The summed E-state index contributed by atoms with van der Waals surface area (Å²) in [5, 5.41) is 0. The summed E-state index contributed by atoms with van der Waals surface area (Å²) in [6.07, 6.45) is 8.64. The Bertz CT molecular complexity index is 520. The molecule has 4 heteroatoms. The Balaban J connectivity index is 2.49. The lowest BCUT2D eigenvalue weighted by molar-refractivity contribution is 0.0498. The normalized spacial score (nSPS) is 10.7. The molecule has 0 bridgehead atoms. The first-order valence-corrected chi connectivity index (χ1v) is 8.28. The average Bonchev–Trinajstić information content (AvgIpc) is 2.58. The Morgan fingerprint density at radius 2 is 1.61 bits per heavy atom. The fourth-order valence-corrected chi connectivity index (χ4v) is 1.96. The van der Waals surface area contributed by atoms with Gasteiger partial charge in [0.25, 0.3) is 0 Å². The number of rotatable bonds is 10. The molecule has 0 spiro atoms. The van der Waals surface area contributed by atoms with E-state index in [9.17, 15) is 9.59 Å². The maximum absolute atomic E-state index is 12.0. The predicted molar refractivity (Wildman–Crippen MR) is 90.6 cm³/mol. The number of unbranched alkanes of at least 4 members (excludes halogenated alkanes) is 2. The molecule has 1 aromatic rings. The van der Waals surface area contributed by atoms with Crippen LogP contribution in [0, 0.1) is 0 Å². The van der Waals surface area contributed by atoms with Crippen molar-refractivity contribution in [1.82, 2.24) is 0 Å². The van der Waals surface area contributed by atoms with Gasteiger partial charge in [-0.1, -0.05) is 44.9 Å². The third kappa shape index (κ3) is 7.63. The lowest BCUT2D eigenvalue weighted by atomic mass is 10.1. The fraction of sp³-hybridized carbons (Fsp3) is 0.474. The second-order valence-electron chi connectivity index (χ2n) is 5.23. The van der Waals surface area contributed by atoms with Crippen molar-refractivity contribution in [2.75, 3.05) is 13.2 Å². The molecule has 0 aliphatic carbocycles. The fourth-order valence-electron chi connectivity index (χ4n) is 1.96. The first-order chi connectivity index (χ1) is 11.2. The zero-order chi connectivity index (χ0) is 16.9. The monoisotopic (exact) mass is 318 g/mol. The van der Waals surface area contributed by atoms with Crippen LogP contribution in [0.3, 0.4) is 0 Å². The Morgan fingerprint density at radius 1 is 0.957 bits per heavy atom. The molecular weight excluding hydrogens is 292 g/mol. The number of allylic oxidation sites excluding steroid dienone is 1. The van der Waals surface area contributed by atoms with E-state index < -0.39 is 11.9 Å². The number of carbonyl (C=O) groups is 2. The number of benzene rings is 1. The van der Waals surface area contributed by atoms with Gasteiger partial charge in [-0.25, -0.2) is 9.59 Å². The Hall–Kier alpha value is -2.10. The van der Waals surface area contributed by atoms with Crippen LogP contribution in [-0.4, -0.2) is 25.2 Å². The van der Waals surface area contributed by atoms with E-state index in [1.807, 2.05) is 12.2 Å². The van der Waals surface area contributed by atoms with Crippen LogP contribution in [-0.2, 0) is 9.47 Å². The van der Waals surface area contributed by atoms with Gasteiger partial charge >= 0.3 is 11.9 Å². The van der Waals surface area contributed by atoms with Gasteiger partial charge in [0.1, 0.15) is 0 Å². The molecule has 0 unspecified atom stereocenters. The quantitative estimate of drug-likeness (QED) is 0.361. The van der Waals surface area contributed by atoms with Crippen LogP contribution in [0.2, 0.25) is 0 Å². The first kappa shape index (κ1) is 18.9. The summed E-state index contributed by atoms with van der Waals surface area (Å²) in [4.78, 5) is 23.9. The highest BCUT2D eigenvalue weighted by Gasteiger charge is 2.12. The number of esters is 2. The third-order valence-electron chi connectivity index (χ3n) is 3.24. The zero-order valence-corrected chi connectivity index (χ0v) is 14.0. The van der Waals surface area contributed by atoms with Crippen molar-refractivity contribution in [1.29, 1.82) is 0 Å². The molecule has 23 heavy (non-hydrogen) atoms. The van der Waals surface area contributed by atoms with Crippen LogP contribution in [0.15, 0.2) is 36.4 Å². The van der Waals surface area contributed by atoms with Gasteiger partial charge in [0.05, 0.1) is 24.3 Å². The highest BCUT2D eigenvalue weighted by atomic mass is 16.5. The lowest BCUT2D eigenvalue weighted by Crippen LogP contribution is -2.10. The molecule has 0 aliphatic heterocycles. The number of carbonyl (C=O) groups excluding carboxylic acids is 2. The first-order valence-electron chi connectivity index (χ1n) is 8.28. The van der Waals surface area contributed by atoms with Gasteiger partial charge in [-0.2, -0.15) is 0 Å². The maximum Gasteiger partial charge on any atom is 0.338 e. The molecule has 0 aliphatic rings.